The van der Waals surface area contributed by atoms with Crippen LogP contribution in [0.2, 0.25) is 0 Å². The molecule has 0 amide bonds. The lowest BCUT2D eigenvalue weighted by Gasteiger charge is -2.38. The van der Waals surface area contributed by atoms with E-state index in [1.165, 1.54) is 0 Å². The van der Waals surface area contributed by atoms with Crippen molar-refractivity contribution in [2.75, 3.05) is 13.1 Å². The summed E-state index contributed by atoms with van der Waals surface area (Å²) in [7, 11) is 0. The van der Waals surface area contributed by atoms with E-state index in [0.717, 1.165) is 12.8 Å². The van der Waals surface area contributed by atoms with Gasteiger partial charge >= 0.3 is 11.9 Å². The zero-order valence-electron chi connectivity index (χ0n) is 9.00. The van der Waals surface area contributed by atoms with Crippen molar-refractivity contribution in [2.45, 2.75) is 39.2 Å². The van der Waals surface area contributed by atoms with Crippen LogP contribution in [0.4, 0.5) is 0 Å². The highest BCUT2D eigenvalue weighted by atomic mass is 16.6. The molecule has 0 unspecified atom stereocenters. The van der Waals surface area contributed by atoms with E-state index in [4.69, 9.17) is 0 Å². The molecule has 4 heteroatoms. The second-order valence-corrected chi connectivity index (χ2v) is 4.26. The number of carbonyl (C=O) groups is 2. The van der Waals surface area contributed by atoms with Crippen molar-refractivity contribution in [2.24, 2.45) is 0 Å². The summed E-state index contributed by atoms with van der Waals surface area (Å²) in [5, 5.41) is 0. The van der Waals surface area contributed by atoms with E-state index in [-0.39, 0.29) is 18.6 Å². The second kappa shape index (κ2) is 4.09. The maximum Gasteiger partial charge on any atom is 0.327 e. The Labute approximate surface area is 84.2 Å². The van der Waals surface area contributed by atoms with E-state index in [9.17, 15) is 9.59 Å². The van der Waals surface area contributed by atoms with Crippen molar-refractivity contribution in [3.63, 3.8) is 0 Å². The van der Waals surface area contributed by atoms with Crippen molar-refractivity contribution in [3.05, 3.63) is 0 Å². The molecule has 1 fully saturated rings. The first-order valence-electron chi connectivity index (χ1n) is 4.94. The van der Waals surface area contributed by atoms with Gasteiger partial charge in [-0.1, -0.05) is 13.3 Å². The summed E-state index contributed by atoms with van der Waals surface area (Å²) < 4.78 is 4.47. The fourth-order valence-electron chi connectivity index (χ4n) is 1.76. The van der Waals surface area contributed by atoms with Crippen LogP contribution in [0.25, 0.3) is 0 Å². The predicted octanol–water partition coefficient (Wildman–Crippen LogP) is 0.951. The summed E-state index contributed by atoms with van der Waals surface area (Å²) in [6.07, 6.45) is 2.00. The van der Waals surface area contributed by atoms with Gasteiger partial charge in [-0.05, 0) is 20.3 Å². The molecule has 0 aromatic rings. The maximum atomic E-state index is 11.1. The average molecular weight is 199 g/mol. The van der Waals surface area contributed by atoms with Gasteiger partial charge in [-0.15, -0.1) is 0 Å². The number of rotatable bonds is 3. The van der Waals surface area contributed by atoms with Crippen LogP contribution in [-0.2, 0) is 14.3 Å². The number of ether oxygens (including phenoxy) is 1. The van der Waals surface area contributed by atoms with Crippen LogP contribution in [0.5, 0.6) is 0 Å². The van der Waals surface area contributed by atoms with Gasteiger partial charge in [0.2, 0.25) is 0 Å². The summed E-state index contributed by atoms with van der Waals surface area (Å²) in [6.45, 7) is 6.62. The molecule has 0 aromatic carbocycles. The van der Waals surface area contributed by atoms with Gasteiger partial charge < -0.3 is 4.74 Å². The molecule has 1 aliphatic heterocycles. The van der Waals surface area contributed by atoms with Gasteiger partial charge in [0.05, 0.1) is 13.1 Å². The van der Waals surface area contributed by atoms with Gasteiger partial charge in [0.1, 0.15) is 0 Å². The highest BCUT2D eigenvalue weighted by Gasteiger charge is 2.34. The van der Waals surface area contributed by atoms with Gasteiger partial charge in [-0.2, -0.15) is 0 Å². The predicted molar refractivity (Wildman–Crippen MR) is 51.7 cm³/mol. The monoisotopic (exact) mass is 199 g/mol. The lowest BCUT2D eigenvalue weighted by atomic mass is 9.96. The summed E-state index contributed by atoms with van der Waals surface area (Å²) in [5.41, 5.74) is -0.107. The first kappa shape index (κ1) is 11.2. The molecule has 1 aliphatic rings. The molecule has 0 saturated carbocycles. The van der Waals surface area contributed by atoms with E-state index in [1.807, 2.05) is 18.7 Å². The highest BCUT2D eigenvalue weighted by molar-refractivity contribution is 5.90. The van der Waals surface area contributed by atoms with E-state index < -0.39 is 11.9 Å². The number of esters is 2. The molecule has 0 N–H and O–H groups in total. The van der Waals surface area contributed by atoms with Gasteiger partial charge in [0.25, 0.3) is 0 Å². The minimum absolute atomic E-state index is 0.107. The third-order valence-electron chi connectivity index (χ3n) is 2.59. The number of carbonyl (C=O) groups excluding carboxylic acids is 2. The van der Waals surface area contributed by atoms with Crippen molar-refractivity contribution < 1.29 is 14.3 Å². The Morgan fingerprint density at radius 2 is 1.79 bits per heavy atom. The number of cyclic esters (lactones) is 2. The molecule has 1 rings (SSSR count). The molecule has 4 nitrogen and oxygen atoms in total. The Morgan fingerprint density at radius 3 is 2.21 bits per heavy atom. The molecular weight excluding hydrogens is 182 g/mol. The average Bonchev–Trinajstić information content (AvgIpc) is 2.02. The number of nitrogens with zero attached hydrogens (tertiary/aromatic N) is 1. The quantitative estimate of drug-likeness (QED) is 0.501. The third kappa shape index (κ3) is 2.54. The van der Waals surface area contributed by atoms with Crippen molar-refractivity contribution in [1.82, 2.24) is 4.90 Å². The van der Waals surface area contributed by atoms with Gasteiger partial charge in [-0.25, -0.2) is 0 Å². The van der Waals surface area contributed by atoms with Gasteiger partial charge in [0, 0.05) is 5.54 Å². The molecule has 0 radical (unpaired) electrons. The standard InChI is InChI=1S/C10H17NO3/c1-4-5-10(2,3)11-6-8(12)14-9(13)7-11/h4-7H2,1-3H3. The fraction of sp³-hybridized carbons (Fsp3) is 0.800. The van der Waals surface area contributed by atoms with Crippen LogP contribution in [0, 0.1) is 0 Å². The van der Waals surface area contributed by atoms with E-state index in [1.54, 1.807) is 0 Å². The maximum absolute atomic E-state index is 11.1. The van der Waals surface area contributed by atoms with Crippen LogP contribution in [0.1, 0.15) is 33.6 Å². The summed E-state index contributed by atoms with van der Waals surface area (Å²) in [4.78, 5) is 24.0. The Balaban J connectivity index is 2.67. The fourth-order valence-corrected chi connectivity index (χ4v) is 1.76. The molecule has 0 bridgehead atoms. The van der Waals surface area contributed by atoms with Crippen LogP contribution in [-0.4, -0.2) is 35.5 Å². The minimum atomic E-state index is -0.439. The van der Waals surface area contributed by atoms with Gasteiger partial charge in [0.15, 0.2) is 0 Å². The Kier molecular flexibility index (Phi) is 3.26. The molecule has 1 saturated heterocycles. The van der Waals surface area contributed by atoms with Crippen molar-refractivity contribution >= 4 is 11.9 Å². The smallest absolute Gasteiger partial charge is 0.327 e. The number of morpholine rings is 1. The largest absolute Gasteiger partial charge is 0.391 e. The van der Waals surface area contributed by atoms with Gasteiger partial charge in [-0.3, -0.25) is 14.5 Å². The van der Waals surface area contributed by atoms with E-state index in [0.29, 0.717) is 0 Å². The number of hydrogen-bond donors (Lipinski definition) is 0. The zero-order valence-corrected chi connectivity index (χ0v) is 9.00. The first-order chi connectivity index (χ1) is 6.45. The Bertz CT molecular complexity index is 232. The number of hydrogen-bond acceptors (Lipinski definition) is 4. The molecule has 0 aromatic heterocycles. The third-order valence-corrected chi connectivity index (χ3v) is 2.59. The molecule has 0 atom stereocenters. The zero-order chi connectivity index (χ0) is 10.8. The SMILES string of the molecule is CCCC(C)(C)N1CC(=O)OC(=O)C1. The van der Waals surface area contributed by atoms with Crippen molar-refractivity contribution in [1.29, 1.82) is 0 Å². The van der Waals surface area contributed by atoms with E-state index in [2.05, 4.69) is 11.7 Å². The Hall–Kier alpha value is -0.900. The summed E-state index contributed by atoms with van der Waals surface area (Å²) >= 11 is 0. The molecule has 1 heterocycles. The lowest BCUT2D eigenvalue weighted by molar-refractivity contribution is -0.169. The molecule has 0 aliphatic carbocycles. The Morgan fingerprint density at radius 1 is 1.29 bits per heavy atom. The highest BCUT2D eigenvalue weighted by Crippen LogP contribution is 2.21. The molecule has 0 spiro atoms. The van der Waals surface area contributed by atoms with Crippen LogP contribution in [0.3, 0.4) is 0 Å². The minimum Gasteiger partial charge on any atom is -0.391 e. The summed E-state index contributed by atoms with van der Waals surface area (Å²) in [5.74, 6) is -0.879. The first-order valence-corrected chi connectivity index (χ1v) is 4.94. The molecule has 80 valence electrons. The second-order valence-electron chi connectivity index (χ2n) is 4.26. The molecule has 14 heavy (non-hydrogen) atoms. The van der Waals surface area contributed by atoms with E-state index >= 15 is 0 Å². The summed E-state index contributed by atoms with van der Waals surface area (Å²) in [6, 6.07) is 0. The lowest BCUT2D eigenvalue weighted by Crippen LogP contribution is -2.53. The molecular formula is C10H17NO3. The van der Waals surface area contributed by atoms with Crippen LogP contribution < -0.4 is 0 Å². The van der Waals surface area contributed by atoms with Crippen LogP contribution in [0.15, 0.2) is 0 Å². The van der Waals surface area contributed by atoms with Crippen molar-refractivity contribution in [3.8, 4) is 0 Å². The van der Waals surface area contributed by atoms with Crippen LogP contribution >= 0.6 is 0 Å². The normalized spacial score (nSPS) is 19.6. The topological polar surface area (TPSA) is 46.6 Å².